The van der Waals surface area contributed by atoms with Gasteiger partial charge in [0.25, 0.3) is 0 Å². The van der Waals surface area contributed by atoms with Crippen molar-refractivity contribution in [1.29, 1.82) is 0 Å². The molecule has 0 aliphatic rings. The fourth-order valence-electron chi connectivity index (χ4n) is 1.35. The molecule has 0 radical (unpaired) electrons. The van der Waals surface area contributed by atoms with Gasteiger partial charge in [-0.25, -0.2) is 0 Å². The molecule has 1 N–H and O–H groups in total. The highest BCUT2D eigenvalue weighted by molar-refractivity contribution is 5.66. The number of carbonyl (C=O) groups is 1. The van der Waals surface area contributed by atoms with Crippen LogP contribution in [0.3, 0.4) is 0 Å². The third-order valence-electron chi connectivity index (χ3n) is 2.38. The maximum Gasteiger partial charge on any atom is 0.304 e. The van der Waals surface area contributed by atoms with Crippen LogP contribution in [0.2, 0.25) is 0 Å². The molecule has 0 aliphatic carbocycles. The maximum absolute atomic E-state index is 10.4. The van der Waals surface area contributed by atoms with E-state index in [4.69, 9.17) is 5.11 Å². The molecular formula is C10H17N3O2. The third-order valence-corrected chi connectivity index (χ3v) is 2.38. The summed E-state index contributed by atoms with van der Waals surface area (Å²) in [5.41, 5.74) is 1.16. The van der Waals surface area contributed by atoms with E-state index in [2.05, 4.69) is 5.10 Å². The summed E-state index contributed by atoms with van der Waals surface area (Å²) in [6, 6.07) is 1.98. The molecule has 0 aliphatic heterocycles. The Morgan fingerprint density at radius 2 is 2.33 bits per heavy atom. The summed E-state index contributed by atoms with van der Waals surface area (Å²) >= 11 is 0. The molecular weight excluding hydrogens is 194 g/mol. The number of rotatable bonds is 6. The van der Waals surface area contributed by atoms with E-state index in [0.717, 1.165) is 18.7 Å². The number of hydrogen-bond donors (Lipinski definition) is 1. The Morgan fingerprint density at radius 1 is 1.60 bits per heavy atom. The highest BCUT2D eigenvalue weighted by Crippen LogP contribution is 1.99. The minimum Gasteiger partial charge on any atom is -0.481 e. The molecule has 0 aromatic carbocycles. The van der Waals surface area contributed by atoms with Crippen LogP contribution in [0, 0.1) is 0 Å². The summed E-state index contributed by atoms with van der Waals surface area (Å²) < 4.78 is 1.84. The molecule has 0 unspecified atom stereocenters. The van der Waals surface area contributed by atoms with Crippen LogP contribution in [0.15, 0.2) is 12.3 Å². The average Bonchev–Trinajstić information content (AvgIpc) is 2.58. The van der Waals surface area contributed by atoms with E-state index < -0.39 is 5.97 Å². The predicted molar refractivity (Wildman–Crippen MR) is 56.7 cm³/mol. The molecule has 0 bridgehead atoms. The van der Waals surface area contributed by atoms with E-state index in [-0.39, 0.29) is 6.42 Å². The van der Waals surface area contributed by atoms with Gasteiger partial charge in [-0.2, -0.15) is 5.10 Å². The highest BCUT2D eigenvalue weighted by atomic mass is 16.4. The number of aliphatic carboxylic acids is 1. The SMILES string of the molecule is CN(CCC(=O)O)CCc1ccnn1C. The van der Waals surface area contributed by atoms with Crippen LogP contribution in [-0.2, 0) is 18.3 Å². The van der Waals surface area contributed by atoms with Crippen molar-refractivity contribution in [3.63, 3.8) is 0 Å². The van der Waals surface area contributed by atoms with Crippen molar-refractivity contribution in [3.8, 4) is 0 Å². The molecule has 0 spiro atoms. The molecule has 0 fully saturated rings. The first kappa shape index (κ1) is 11.7. The summed E-state index contributed by atoms with van der Waals surface area (Å²) in [6.45, 7) is 1.44. The summed E-state index contributed by atoms with van der Waals surface area (Å²) in [6.07, 6.45) is 2.86. The monoisotopic (exact) mass is 211 g/mol. The zero-order chi connectivity index (χ0) is 11.3. The Morgan fingerprint density at radius 3 is 2.87 bits per heavy atom. The van der Waals surface area contributed by atoms with E-state index >= 15 is 0 Å². The van der Waals surface area contributed by atoms with E-state index in [1.165, 1.54) is 0 Å². The molecule has 1 rings (SSSR count). The van der Waals surface area contributed by atoms with Gasteiger partial charge in [0.1, 0.15) is 0 Å². The van der Waals surface area contributed by atoms with E-state index in [9.17, 15) is 4.79 Å². The molecule has 1 aromatic rings. The van der Waals surface area contributed by atoms with Gasteiger partial charge < -0.3 is 10.0 Å². The number of aromatic nitrogens is 2. The van der Waals surface area contributed by atoms with Gasteiger partial charge >= 0.3 is 5.97 Å². The number of hydrogen-bond acceptors (Lipinski definition) is 3. The quantitative estimate of drug-likeness (QED) is 0.738. The van der Waals surface area contributed by atoms with Crippen molar-refractivity contribution in [1.82, 2.24) is 14.7 Å². The van der Waals surface area contributed by atoms with Crippen molar-refractivity contribution in [2.24, 2.45) is 7.05 Å². The van der Waals surface area contributed by atoms with Gasteiger partial charge in [-0.1, -0.05) is 0 Å². The van der Waals surface area contributed by atoms with Gasteiger partial charge in [0, 0.05) is 38.4 Å². The second-order valence-corrected chi connectivity index (χ2v) is 3.64. The Kier molecular flexibility index (Phi) is 4.30. The lowest BCUT2D eigenvalue weighted by atomic mass is 10.3. The topological polar surface area (TPSA) is 58.4 Å². The largest absolute Gasteiger partial charge is 0.481 e. The predicted octanol–water partition coefficient (Wildman–Crippen LogP) is 0.369. The van der Waals surface area contributed by atoms with Gasteiger partial charge in [-0.3, -0.25) is 9.48 Å². The Bertz CT molecular complexity index is 322. The molecule has 15 heavy (non-hydrogen) atoms. The van der Waals surface area contributed by atoms with E-state index in [1.807, 2.05) is 29.7 Å². The lowest BCUT2D eigenvalue weighted by Crippen LogP contribution is -2.24. The van der Waals surface area contributed by atoms with Crippen molar-refractivity contribution in [3.05, 3.63) is 18.0 Å². The molecule has 0 atom stereocenters. The molecule has 1 aromatic heterocycles. The Balaban J connectivity index is 2.25. The summed E-state index contributed by atoms with van der Waals surface area (Å²) in [5.74, 6) is -0.748. The van der Waals surface area contributed by atoms with Crippen LogP contribution in [-0.4, -0.2) is 45.9 Å². The van der Waals surface area contributed by atoms with Crippen LogP contribution >= 0.6 is 0 Å². The summed E-state index contributed by atoms with van der Waals surface area (Å²) in [7, 11) is 3.84. The second-order valence-electron chi connectivity index (χ2n) is 3.64. The minimum atomic E-state index is -0.748. The first-order valence-electron chi connectivity index (χ1n) is 4.97. The van der Waals surface area contributed by atoms with Gasteiger partial charge in [0.2, 0.25) is 0 Å². The number of carboxylic acids is 1. The summed E-state index contributed by atoms with van der Waals surface area (Å²) in [5, 5.41) is 12.6. The van der Waals surface area contributed by atoms with Crippen LogP contribution in [0.4, 0.5) is 0 Å². The first-order valence-corrected chi connectivity index (χ1v) is 4.97. The fraction of sp³-hybridized carbons (Fsp3) is 0.600. The molecule has 5 nitrogen and oxygen atoms in total. The van der Waals surface area contributed by atoms with Gasteiger partial charge in [0.05, 0.1) is 6.42 Å². The lowest BCUT2D eigenvalue weighted by Gasteiger charge is -2.14. The third kappa shape index (κ3) is 4.12. The standard InChI is InChI=1S/C10H17N3O2/c1-12(8-5-10(14)15)7-4-9-3-6-11-13(9)2/h3,6H,4-5,7-8H2,1-2H3,(H,14,15). The molecule has 0 saturated carbocycles. The van der Waals surface area contributed by atoms with Gasteiger partial charge in [-0.05, 0) is 13.1 Å². The van der Waals surface area contributed by atoms with Crippen molar-refractivity contribution >= 4 is 5.97 Å². The second kappa shape index (κ2) is 5.50. The Labute approximate surface area is 89.3 Å². The van der Waals surface area contributed by atoms with Crippen LogP contribution in [0.1, 0.15) is 12.1 Å². The number of nitrogens with zero attached hydrogens (tertiary/aromatic N) is 3. The first-order chi connectivity index (χ1) is 7.09. The zero-order valence-electron chi connectivity index (χ0n) is 9.18. The zero-order valence-corrected chi connectivity index (χ0v) is 9.18. The van der Waals surface area contributed by atoms with Crippen molar-refractivity contribution in [2.45, 2.75) is 12.8 Å². The van der Waals surface area contributed by atoms with Gasteiger partial charge in [-0.15, -0.1) is 0 Å². The van der Waals surface area contributed by atoms with Crippen molar-refractivity contribution < 1.29 is 9.90 Å². The molecule has 5 heteroatoms. The van der Waals surface area contributed by atoms with Crippen molar-refractivity contribution in [2.75, 3.05) is 20.1 Å². The lowest BCUT2D eigenvalue weighted by molar-refractivity contribution is -0.137. The number of carboxylic acid groups (broad SMARTS) is 1. The molecule has 84 valence electrons. The van der Waals surface area contributed by atoms with Crippen LogP contribution in [0.25, 0.3) is 0 Å². The fourth-order valence-corrected chi connectivity index (χ4v) is 1.35. The van der Waals surface area contributed by atoms with Crippen LogP contribution < -0.4 is 0 Å². The highest BCUT2D eigenvalue weighted by Gasteiger charge is 2.04. The Hall–Kier alpha value is -1.36. The summed E-state index contributed by atoms with van der Waals surface area (Å²) in [4.78, 5) is 12.4. The normalized spacial score (nSPS) is 10.9. The van der Waals surface area contributed by atoms with Gasteiger partial charge in [0.15, 0.2) is 0 Å². The maximum atomic E-state index is 10.4. The average molecular weight is 211 g/mol. The number of likely N-dealkylation sites (N-methyl/N-ethyl adjacent to an activating group) is 1. The molecule has 0 amide bonds. The van der Waals surface area contributed by atoms with Crippen LogP contribution in [0.5, 0.6) is 0 Å². The minimum absolute atomic E-state index is 0.196. The van der Waals surface area contributed by atoms with E-state index in [0.29, 0.717) is 6.54 Å². The number of aryl methyl sites for hydroxylation is 1. The molecule has 0 saturated heterocycles. The van der Waals surface area contributed by atoms with E-state index in [1.54, 1.807) is 6.20 Å². The molecule has 1 heterocycles. The smallest absolute Gasteiger partial charge is 0.304 e.